The quantitative estimate of drug-likeness (QED) is 0.627. The molecule has 0 saturated carbocycles. The van der Waals surface area contributed by atoms with Gasteiger partial charge in [0.05, 0.1) is 10.6 Å². The van der Waals surface area contributed by atoms with Crippen molar-refractivity contribution in [1.82, 2.24) is 19.0 Å². The van der Waals surface area contributed by atoms with E-state index < -0.39 is 10.0 Å². The highest BCUT2D eigenvalue weighted by Crippen LogP contribution is 2.35. The van der Waals surface area contributed by atoms with Gasteiger partial charge in [0.1, 0.15) is 13.2 Å². The number of hydrogen-bond acceptors (Lipinski definition) is 7. The molecule has 1 aromatic carbocycles. The van der Waals surface area contributed by atoms with Crippen LogP contribution in [0.25, 0.3) is 11.5 Å². The fourth-order valence-corrected chi connectivity index (χ4v) is 5.36. The largest absolute Gasteiger partial charge is 0.486 e. The molecule has 0 unspecified atom stereocenters. The van der Waals surface area contributed by atoms with Gasteiger partial charge in [-0.05, 0) is 37.1 Å². The number of sulfonamides is 1. The summed E-state index contributed by atoms with van der Waals surface area (Å²) in [5, 5.41) is 4.09. The van der Waals surface area contributed by atoms with Gasteiger partial charge in [0, 0.05) is 38.3 Å². The standard InChI is InChI=1S/C20H22N4O5S/c1-23-8-2-3-16(23)19-21-20(29-22-19)14-6-9-24(10-7-14)30(25,26)15-4-5-17-18(13-15)28-12-11-27-17/h2-5,8,13-14H,6-7,9-12H2,1H3. The van der Waals surface area contributed by atoms with Crippen LogP contribution in [0, 0.1) is 0 Å². The molecule has 0 amide bonds. The molecule has 0 aliphatic carbocycles. The first-order valence-corrected chi connectivity index (χ1v) is 11.3. The topological polar surface area (TPSA) is 99.7 Å². The van der Waals surface area contributed by atoms with Gasteiger partial charge in [-0.2, -0.15) is 9.29 Å². The van der Waals surface area contributed by atoms with Crippen LogP contribution in [0.2, 0.25) is 0 Å². The minimum absolute atomic E-state index is 0.0400. The SMILES string of the molecule is Cn1cccc1-c1noc(C2CCN(S(=O)(=O)c3ccc4c(c3)OCCO4)CC2)n1. The lowest BCUT2D eigenvalue weighted by atomic mass is 9.98. The zero-order valence-corrected chi connectivity index (χ0v) is 17.3. The van der Waals surface area contributed by atoms with E-state index in [-0.39, 0.29) is 10.8 Å². The van der Waals surface area contributed by atoms with E-state index in [0.29, 0.717) is 62.4 Å². The smallest absolute Gasteiger partial charge is 0.243 e. The molecular formula is C20H22N4O5S. The van der Waals surface area contributed by atoms with Gasteiger partial charge in [-0.3, -0.25) is 0 Å². The van der Waals surface area contributed by atoms with Crippen molar-refractivity contribution in [3.8, 4) is 23.0 Å². The molecule has 30 heavy (non-hydrogen) atoms. The van der Waals surface area contributed by atoms with Gasteiger partial charge in [0.2, 0.25) is 21.7 Å². The molecule has 2 aliphatic rings. The van der Waals surface area contributed by atoms with Gasteiger partial charge in [-0.1, -0.05) is 5.16 Å². The van der Waals surface area contributed by atoms with Crippen molar-refractivity contribution in [1.29, 1.82) is 0 Å². The van der Waals surface area contributed by atoms with E-state index in [0.717, 1.165) is 5.69 Å². The average Bonchev–Trinajstić information content (AvgIpc) is 3.42. The lowest BCUT2D eigenvalue weighted by Crippen LogP contribution is -2.38. The highest BCUT2D eigenvalue weighted by molar-refractivity contribution is 7.89. The second-order valence-corrected chi connectivity index (χ2v) is 9.38. The third-order valence-electron chi connectivity index (χ3n) is 5.57. The number of nitrogens with zero attached hydrogens (tertiary/aromatic N) is 4. The summed E-state index contributed by atoms with van der Waals surface area (Å²) >= 11 is 0. The summed E-state index contributed by atoms with van der Waals surface area (Å²) in [6.45, 7) is 1.66. The first kappa shape index (κ1) is 19.1. The molecule has 0 bridgehead atoms. The molecule has 158 valence electrons. The zero-order valence-electron chi connectivity index (χ0n) is 16.5. The summed E-state index contributed by atoms with van der Waals surface area (Å²) in [5.74, 6) is 2.19. The van der Waals surface area contributed by atoms with Gasteiger partial charge < -0.3 is 18.6 Å². The van der Waals surface area contributed by atoms with Crippen LogP contribution in [0.4, 0.5) is 0 Å². The lowest BCUT2D eigenvalue weighted by molar-refractivity contribution is 0.171. The molecule has 1 fully saturated rings. The molecule has 0 radical (unpaired) electrons. The van der Waals surface area contributed by atoms with Gasteiger partial charge in [-0.25, -0.2) is 8.42 Å². The Bertz CT molecular complexity index is 1160. The fourth-order valence-electron chi connectivity index (χ4n) is 3.87. The second kappa shape index (κ2) is 7.44. The fraction of sp³-hybridized carbons (Fsp3) is 0.400. The van der Waals surface area contributed by atoms with E-state index in [4.69, 9.17) is 14.0 Å². The number of aryl methyl sites for hydroxylation is 1. The highest BCUT2D eigenvalue weighted by atomic mass is 32.2. The third-order valence-corrected chi connectivity index (χ3v) is 7.46. The Kier molecular flexibility index (Phi) is 4.75. The number of hydrogen-bond donors (Lipinski definition) is 0. The number of aromatic nitrogens is 3. The van der Waals surface area contributed by atoms with Crippen LogP contribution in [-0.2, 0) is 17.1 Å². The molecule has 9 nitrogen and oxygen atoms in total. The molecule has 1 saturated heterocycles. The maximum atomic E-state index is 13.1. The first-order valence-electron chi connectivity index (χ1n) is 9.87. The molecule has 2 aromatic heterocycles. The molecular weight excluding hydrogens is 408 g/mol. The van der Waals surface area contributed by atoms with Crippen molar-refractivity contribution in [2.45, 2.75) is 23.7 Å². The molecule has 5 rings (SSSR count). The average molecular weight is 430 g/mol. The number of piperidine rings is 1. The maximum absolute atomic E-state index is 13.1. The van der Waals surface area contributed by atoms with Crippen molar-refractivity contribution >= 4 is 10.0 Å². The lowest BCUT2D eigenvalue weighted by Gasteiger charge is -2.30. The number of benzene rings is 1. The van der Waals surface area contributed by atoms with Gasteiger partial charge >= 0.3 is 0 Å². The zero-order chi connectivity index (χ0) is 20.7. The summed E-state index contributed by atoms with van der Waals surface area (Å²) in [6, 6.07) is 8.61. The summed E-state index contributed by atoms with van der Waals surface area (Å²) in [7, 11) is -1.69. The molecule has 0 atom stereocenters. The molecule has 0 spiro atoms. The van der Waals surface area contributed by atoms with E-state index >= 15 is 0 Å². The van der Waals surface area contributed by atoms with E-state index in [9.17, 15) is 8.42 Å². The summed E-state index contributed by atoms with van der Waals surface area (Å²) in [6.07, 6.45) is 3.17. The maximum Gasteiger partial charge on any atom is 0.243 e. The van der Waals surface area contributed by atoms with E-state index in [1.165, 1.54) is 4.31 Å². The highest BCUT2D eigenvalue weighted by Gasteiger charge is 2.33. The Morgan fingerprint density at radius 1 is 1.07 bits per heavy atom. The molecule has 10 heteroatoms. The predicted molar refractivity (Wildman–Crippen MR) is 107 cm³/mol. The number of fused-ring (bicyclic) bond motifs is 1. The molecule has 4 heterocycles. The van der Waals surface area contributed by atoms with Crippen LogP contribution >= 0.6 is 0 Å². The van der Waals surface area contributed by atoms with Crippen molar-refractivity contribution < 1.29 is 22.4 Å². The first-order chi connectivity index (χ1) is 14.5. The Morgan fingerprint density at radius 2 is 1.83 bits per heavy atom. The summed E-state index contributed by atoms with van der Waals surface area (Å²) < 4.78 is 46.1. The van der Waals surface area contributed by atoms with Crippen molar-refractivity contribution in [3.63, 3.8) is 0 Å². The van der Waals surface area contributed by atoms with Crippen LogP contribution in [0.5, 0.6) is 11.5 Å². The van der Waals surface area contributed by atoms with Crippen molar-refractivity contribution in [2.24, 2.45) is 7.05 Å². The predicted octanol–water partition coefficient (Wildman–Crippen LogP) is 2.41. The van der Waals surface area contributed by atoms with Crippen LogP contribution in [0.3, 0.4) is 0 Å². The van der Waals surface area contributed by atoms with Gasteiger partial charge in [0.15, 0.2) is 11.5 Å². The number of rotatable bonds is 4. The molecule has 3 aromatic rings. The molecule has 2 aliphatic heterocycles. The summed E-state index contributed by atoms with van der Waals surface area (Å²) in [5.41, 5.74) is 0.878. The number of ether oxygens (including phenoxy) is 2. The van der Waals surface area contributed by atoms with Crippen LogP contribution in [-0.4, -0.2) is 53.7 Å². The van der Waals surface area contributed by atoms with E-state index in [1.54, 1.807) is 18.2 Å². The van der Waals surface area contributed by atoms with E-state index in [1.807, 2.05) is 29.9 Å². The third kappa shape index (κ3) is 3.35. The monoisotopic (exact) mass is 430 g/mol. The Morgan fingerprint density at radius 3 is 2.57 bits per heavy atom. The normalized spacial score (nSPS) is 17.9. The minimum Gasteiger partial charge on any atom is -0.486 e. The van der Waals surface area contributed by atoms with Crippen LogP contribution in [0.15, 0.2) is 45.9 Å². The van der Waals surface area contributed by atoms with Gasteiger partial charge in [-0.15, -0.1) is 0 Å². The Labute approximate surface area is 174 Å². The Hall–Kier alpha value is -2.85. The van der Waals surface area contributed by atoms with Crippen molar-refractivity contribution in [3.05, 3.63) is 42.4 Å². The van der Waals surface area contributed by atoms with E-state index in [2.05, 4.69) is 10.1 Å². The van der Waals surface area contributed by atoms with Crippen LogP contribution in [0.1, 0.15) is 24.7 Å². The van der Waals surface area contributed by atoms with Crippen molar-refractivity contribution in [2.75, 3.05) is 26.3 Å². The van der Waals surface area contributed by atoms with Gasteiger partial charge in [0.25, 0.3) is 0 Å². The van der Waals surface area contributed by atoms with Crippen LogP contribution < -0.4 is 9.47 Å². The Balaban J connectivity index is 1.29. The summed E-state index contributed by atoms with van der Waals surface area (Å²) in [4.78, 5) is 4.75. The second-order valence-electron chi connectivity index (χ2n) is 7.44. The molecule has 0 N–H and O–H groups in total. The minimum atomic E-state index is -3.61.